The molecule has 3 rings (SSSR count). The summed E-state index contributed by atoms with van der Waals surface area (Å²) in [6.45, 7) is 4.10. The minimum atomic E-state index is 0.486. The number of anilines is 2. The smallest absolute Gasteiger partial charge is 0.128 e. The molecule has 0 radical (unpaired) electrons. The summed E-state index contributed by atoms with van der Waals surface area (Å²) in [5.74, 6) is 2.04. The quantitative estimate of drug-likeness (QED) is 0.921. The average Bonchev–Trinajstić information content (AvgIpc) is 2.50. The zero-order valence-electron chi connectivity index (χ0n) is 12.1. The van der Waals surface area contributed by atoms with Crippen molar-refractivity contribution in [3.8, 4) is 0 Å². The minimum absolute atomic E-state index is 0.486. The summed E-state index contributed by atoms with van der Waals surface area (Å²) in [5, 5.41) is 3.51. The molecule has 2 aromatic rings. The Hall–Kier alpha value is -1.62. The monoisotopic (exact) mass is 346 g/mol. The van der Waals surface area contributed by atoms with Crippen LogP contribution in [0.2, 0.25) is 0 Å². The van der Waals surface area contributed by atoms with Gasteiger partial charge in [0.25, 0.3) is 0 Å². The lowest BCUT2D eigenvalue weighted by molar-refractivity contribution is 0.522. The van der Waals surface area contributed by atoms with Gasteiger partial charge in [0, 0.05) is 35.5 Å². The van der Waals surface area contributed by atoms with Crippen molar-refractivity contribution in [3.05, 3.63) is 46.7 Å². The van der Waals surface area contributed by atoms with Crippen LogP contribution in [0.5, 0.6) is 0 Å². The molecule has 1 N–H and O–H groups in total. The van der Waals surface area contributed by atoms with Gasteiger partial charge in [-0.05, 0) is 60.0 Å². The van der Waals surface area contributed by atoms with E-state index >= 15 is 0 Å². The lowest BCUT2D eigenvalue weighted by Gasteiger charge is -2.33. The van der Waals surface area contributed by atoms with Gasteiger partial charge in [0.1, 0.15) is 11.6 Å². The molecule has 1 aliphatic rings. The van der Waals surface area contributed by atoms with Crippen LogP contribution < -0.4 is 10.2 Å². The van der Waals surface area contributed by atoms with Crippen molar-refractivity contribution in [2.45, 2.75) is 25.8 Å². The molecule has 2 aromatic heterocycles. The predicted molar refractivity (Wildman–Crippen MR) is 89.8 cm³/mol. The maximum absolute atomic E-state index is 4.60. The van der Waals surface area contributed by atoms with Gasteiger partial charge in [-0.15, -0.1) is 0 Å². The molecule has 5 heteroatoms. The van der Waals surface area contributed by atoms with E-state index in [1.54, 1.807) is 0 Å². The number of piperidine rings is 1. The first-order valence-corrected chi connectivity index (χ1v) is 8.07. The van der Waals surface area contributed by atoms with Gasteiger partial charge in [0.05, 0.1) is 0 Å². The second-order valence-electron chi connectivity index (χ2n) is 5.40. The first-order chi connectivity index (χ1) is 10.2. The van der Waals surface area contributed by atoms with Crippen molar-refractivity contribution in [2.75, 3.05) is 23.3 Å². The Labute approximate surface area is 133 Å². The zero-order chi connectivity index (χ0) is 14.7. The van der Waals surface area contributed by atoms with E-state index in [4.69, 9.17) is 0 Å². The maximum atomic E-state index is 4.60. The van der Waals surface area contributed by atoms with E-state index < -0.39 is 0 Å². The predicted octanol–water partition coefficient (Wildman–Crippen LogP) is 3.63. The molecule has 1 fully saturated rings. The van der Waals surface area contributed by atoms with E-state index in [0.717, 1.165) is 47.7 Å². The fourth-order valence-corrected chi connectivity index (χ4v) is 2.86. The molecule has 3 heterocycles. The molecule has 0 aromatic carbocycles. The van der Waals surface area contributed by atoms with E-state index in [-0.39, 0.29) is 0 Å². The Kier molecular flexibility index (Phi) is 4.39. The van der Waals surface area contributed by atoms with Crippen LogP contribution in [0, 0.1) is 6.92 Å². The van der Waals surface area contributed by atoms with Crippen molar-refractivity contribution in [1.29, 1.82) is 0 Å². The summed E-state index contributed by atoms with van der Waals surface area (Å²) >= 11 is 3.41. The number of hydrogen-bond donors (Lipinski definition) is 1. The largest absolute Gasteiger partial charge is 0.367 e. The van der Waals surface area contributed by atoms with Crippen LogP contribution in [-0.2, 0) is 0 Å². The molecule has 0 atom stereocenters. The lowest BCUT2D eigenvalue weighted by Crippen LogP contribution is -2.39. The standard InChI is InChI=1S/C16H19BrN4/c1-12-3-2-4-16(19-12)21-9-7-14(8-10-21)20-15-6-5-13(17)11-18-15/h2-6,11,14H,7-10H2,1H3,(H,18,20). The highest BCUT2D eigenvalue weighted by Crippen LogP contribution is 2.20. The highest BCUT2D eigenvalue weighted by Gasteiger charge is 2.20. The Morgan fingerprint density at radius 1 is 1.19 bits per heavy atom. The molecular weight excluding hydrogens is 328 g/mol. The fourth-order valence-electron chi connectivity index (χ4n) is 2.63. The number of nitrogens with zero attached hydrogens (tertiary/aromatic N) is 3. The van der Waals surface area contributed by atoms with Crippen LogP contribution in [0.4, 0.5) is 11.6 Å². The van der Waals surface area contributed by atoms with E-state index in [1.807, 2.05) is 31.3 Å². The van der Waals surface area contributed by atoms with Gasteiger partial charge >= 0.3 is 0 Å². The first-order valence-electron chi connectivity index (χ1n) is 7.27. The number of rotatable bonds is 3. The summed E-state index contributed by atoms with van der Waals surface area (Å²) in [7, 11) is 0. The number of aromatic nitrogens is 2. The van der Waals surface area contributed by atoms with E-state index in [2.05, 4.69) is 48.2 Å². The topological polar surface area (TPSA) is 41.0 Å². The van der Waals surface area contributed by atoms with Crippen LogP contribution in [0.3, 0.4) is 0 Å². The molecular formula is C16H19BrN4. The third-order valence-electron chi connectivity index (χ3n) is 3.77. The van der Waals surface area contributed by atoms with Gasteiger partial charge < -0.3 is 10.2 Å². The number of hydrogen-bond acceptors (Lipinski definition) is 4. The molecule has 110 valence electrons. The van der Waals surface area contributed by atoms with Gasteiger partial charge in [-0.2, -0.15) is 0 Å². The van der Waals surface area contributed by atoms with Crippen molar-refractivity contribution >= 4 is 27.6 Å². The highest BCUT2D eigenvalue weighted by molar-refractivity contribution is 9.10. The number of pyridine rings is 2. The summed E-state index contributed by atoms with van der Waals surface area (Å²) in [6.07, 6.45) is 4.04. The SMILES string of the molecule is Cc1cccc(N2CCC(Nc3ccc(Br)cn3)CC2)n1. The lowest BCUT2D eigenvalue weighted by atomic mass is 10.0. The van der Waals surface area contributed by atoms with Crippen molar-refractivity contribution in [2.24, 2.45) is 0 Å². The Morgan fingerprint density at radius 2 is 2.00 bits per heavy atom. The number of nitrogens with one attached hydrogen (secondary N) is 1. The molecule has 0 saturated carbocycles. The molecule has 1 aliphatic heterocycles. The minimum Gasteiger partial charge on any atom is -0.367 e. The van der Waals surface area contributed by atoms with Crippen molar-refractivity contribution in [1.82, 2.24) is 9.97 Å². The average molecular weight is 347 g/mol. The summed E-state index contributed by atoms with van der Waals surface area (Å²) in [6, 6.07) is 10.7. The van der Waals surface area contributed by atoms with Gasteiger partial charge in [-0.1, -0.05) is 6.07 Å². The molecule has 1 saturated heterocycles. The highest BCUT2D eigenvalue weighted by atomic mass is 79.9. The second-order valence-corrected chi connectivity index (χ2v) is 6.32. The Bertz CT molecular complexity index is 591. The van der Waals surface area contributed by atoms with Crippen LogP contribution in [0.25, 0.3) is 0 Å². The van der Waals surface area contributed by atoms with E-state index in [0.29, 0.717) is 6.04 Å². The van der Waals surface area contributed by atoms with Gasteiger partial charge in [-0.3, -0.25) is 0 Å². The van der Waals surface area contributed by atoms with Gasteiger partial charge in [-0.25, -0.2) is 9.97 Å². The normalized spacial score (nSPS) is 16.0. The second kappa shape index (κ2) is 6.43. The summed E-state index contributed by atoms with van der Waals surface area (Å²) in [4.78, 5) is 11.3. The number of halogens is 1. The Morgan fingerprint density at radius 3 is 2.67 bits per heavy atom. The van der Waals surface area contributed by atoms with Crippen LogP contribution in [0.1, 0.15) is 18.5 Å². The third kappa shape index (κ3) is 3.73. The summed E-state index contributed by atoms with van der Waals surface area (Å²) < 4.78 is 1.01. The molecule has 0 spiro atoms. The molecule has 4 nitrogen and oxygen atoms in total. The molecule has 0 unspecified atom stereocenters. The Balaban J connectivity index is 1.56. The van der Waals surface area contributed by atoms with Crippen molar-refractivity contribution < 1.29 is 0 Å². The molecule has 0 bridgehead atoms. The molecule has 0 aliphatic carbocycles. The summed E-state index contributed by atoms with van der Waals surface area (Å²) in [5.41, 5.74) is 1.08. The first kappa shape index (κ1) is 14.3. The van der Waals surface area contributed by atoms with Gasteiger partial charge in [0.15, 0.2) is 0 Å². The molecule has 0 amide bonds. The van der Waals surface area contributed by atoms with Crippen LogP contribution in [-0.4, -0.2) is 29.1 Å². The maximum Gasteiger partial charge on any atom is 0.128 e. The van der Waals surface area contributed by atoms with E-state index in [9.17, 15) is 0 Å². The fraction of sp³-hybridized carbons (Fsp3) is 0.375. The third-order valence-corrected chi connectivity index (χ3v) is 4.24. The van der Waals surface area contributed by atoms with Gasteiger partial charge in [0.2, 0.25) is 0 Å². The number of aryl methyl sites for hydroxylation is 1. The van der Waals surface area contributed by atoms with E-state index in [1.165, 1.54) is 0 Å². The van der Waals surface area contributed by atoms with Crippen LogP contribution in [0.15, 0.2) is 41.0 Å². The molecule has 21 heavy (non-hydrogen) atoms. The van der Waals surface area contributed by atoms with Crippen LogP contribution >= 0.6 is 15.9 Å². The zero-order valence-corrected chi connectivity index (χ0v) is 13.7. The van der Waals surface area contributed by atoms with Crippen molar-refractivity contribution in [3.63, 3.8) is 0 Å².